The molecule has 0 bridgehead atoms. The van der Waals surface area contributed by atoms with Crippen molar-refractivity contribution in [3.63, 3.8) is 0 Å². The molecule has 0 radical (unpaired) electrons. The summed E-state index contributed by atoms with van der Waals surface area (Å²) in [6.45, 7) is 2.85. The largest absolute Gasteiger partial charge is 0.417 e. The third kappa shape index (κ3) is 4.90. The molecule has 1 amide bonds. The number of halogens is 4. The van der Waals surface area contributed by atoms with Crippen LogP contribution in [0.3, 0.4) is 0 Å². The van der Waals surface area contributed by atoms with Crippen molar-refractivity contribution in [3.05, 3.63) is 35.1 Å². The monoisotopic (exact) mass is 335 g/mol. The second-order valence-corrected chi connectivity index (χ2v) is 5.38. The van der Waals surface area contributed by atoms with E-state index in [1.165, 1.54) is 0 Å². The Bertz CT molecular complexity index is 556. The van der Waals surface area contributed by atoms with Gasteiger partial charge in [-0.25, -0.2) is 4.39 Å². The number of carbonyl (C=O) groups is 1. The van der Waals surface area contributed by atoms with E-state index in [1.807, 2.05) is 0 Å². The van der Waals surface area contributed by atoms with Gasteiger partial charge in [-0.05, 0) is 31.5 Å². The van der Waals surface area contributed by atoms with Gasteiger partial charge in [0.2, 0.25) is 0 Å². The van der Waals surface area contributed by atoms with Crippen LogP contribution >= 0.6 is 0 Å². The molecule has 1 saturated heterocycles. The summed E-state index contributed by atoms with van der Waals surface area (Å²) in [6, 6.07) is 1.47. The van der Waals surface area contributed by atoms with E-state index in [2.05, 4.69) is 5.32 Å². The average molecular weight is 335 g/mol. The van der Waals surface area contributed by atoms with E-state index >= 15 is 0 Å². The standard InChI is InChI=1S/C15H17F4NO3/c1-9(7-23-11-4-5-22-8-11)20-14(21)12-3-2-10(16)6-13(12)15(17,18)19/h2-3,6,9,11H,4-5,7-8H2,1H3,(H,20,21)/t9-,11-/m0/s1. The molecular formula is C15H17F4NO3. The Balaban J connectivity index is 1.99. The lowest BCUT2D eigenvalue weighted by Gasteiger charge is -2.18. The zero-order valence-electron chi connectivity index (χ0n) is 12.5. The minimum atomic E-state index is -4.81. The Kier molecular flexibility index (Phi) is 5.59. The maximum atomic E-state index is 13.0. The third-order valence-electron chi connectivity index (χ3n) is 3.38. The van der Waals surface area contributed by atoms with Gasteiger partial charge in [-0.3, -0.25) is 4.79 Å². The molecule has 2 rings (SSSR count). The third-order valence-corrected chi connectivity index (χ3v) is 3.38. The van der Waals surface area contributed by atoms with Gasteiger partial charge in [-0.15, -0.1) is 0 Å². The fourth-order valence-corrected chi connectivity index (χ4v) is 2.22. The van der Waals surface area contributed by atoms with Gasteiger partial charge < -0.3 is 14.8 Å². The van der Waals surface area contributed by atoms with Crippen LogP contribution in [0.2, 0.25) is 0 Å². The number of benzene rings is 1. The Morgan fingerprint density at radius 2 is 2.22 bits per heavy atom. The number of rotatable bonds is 5. The van der Waals surface area contributed by atoms with Gasteiger partial charge in [0.25, 0.3) is 5.91 Å². The van der Waals surface area contributed by atoms with Gasteiger partial charge in [0.05, 0.1) is 30.4 Å². The lowest BCUT2D eigenvalue weighted by atomic mass is 10.1. The maximum Gasteiger partial charge on any atom is 0.417 e. The highest BCUT2D eigenvalue weighted by molar-refractivity contribution is 5.96. The first-order valence-corrected chi connectivity index (χ1v) is 7.14. The summed E-state index contributed by atoms with van der Waals surface area (Å²) in [7, 11) is 0. The normalized spacial score (nSPS) is 19.6. The van der Waals surface area contributed by atoms with Crippen molar-refractivity contribution < 1.29 is 31.8 Å². The van der Waals surface area contributed by atoms with Crippen molar-refractivity contribution in [1.82, 2.24) is 5.32 Å². The fourth-order valence-electron chi connectivity index (χ4n) is 2.22. The SMILES string of the molecule is C[C@@H](CO[C@H]1CCOC1)NC(=O)c1ccc(F)cc1C(F)(F)F. The molecule has 128 valence electrons. The van der Waals surface area contributed by atoms with E-state index in [9.17, 15) is 22.4 Å². The molecule has 0 aromatic heterocycles. The maximum absolute atomic E-state index is 13.0. The predicted octanol–water partition coefficient (Wildman–Crippen LogP) is 2.77. The van der Waals surface area contributed by atoms with E-state index in [-0.39, 0.29) is 12.7 Å². The van der Waals surface area contributed by atoms with Crippen molar-refractivity contribution in [3.8, 4) is 0 Å². The topological polar surface area (TPSA) is 47.6 Å². The quantitative estimate of drug-likeness (QED) is 0.842. The summed E-state index contributed by atoms with van der Waals surface area (Å²) in [5, 5.41) is 2.42. The molecule has 4 nitrogen and oxygen atoms in total. The molecule has 0 aliphatic carbocycles. The molecule has 1 heterocycles. The highest BCUT2D eigenvalue weighted by Gasteiger charge is 2.35. The average Bonchev–Trinajstić information content (AvgIpc) is 2.97. The van der Waals surface area contributed by atoms with E-state index in [4.69, 9.17) is 9.47 Å². The number of hydrogen-bond donors (Lipinski definition) is 1. The van der Waals surface area contributed by atoms with Crippen molar-refractivity contribution in [1.29, 1.82) is 0 Å². The van der Waals surface area contributed by atoms with Crippen LogP contribution in [0.15, 0.2) is 18.2 Å². The Labute approximate surface area is 130 Å². The Morgan fingerprint density at radius 3 is 2.83 bits per heavy atom. The minimum Gasteiger partial charge on any atom is -0.379 e. The van der Waals surface area contributed by atoms with Crippen molar-refractivity contribution >= 4 is 5.91 Å². The van der Waals surface area contributed by atoms with E-state index < -0.39 is 35.1 Å². The highest BCUT2D eigenvalue weighted by atomic mass is 19.4. The number of carbonyl (C=O) groups excluding carboxylic acids is 1. The number of hydrogen-bond acceptors (Lipinski definition) is 3. The molecular weight excluding hydrogens is 318 g/mol. The molecule has 1 aromatic carbocycles. The summed E-state index contributed by atoms with van der Waals surface area (Å²) >= 11 is 0. The van der Waals surface area contributed by atoms with Crippen LogP contribution in [0.5, 0.6) is 0 Å². The lowest BCUT2D eigenvalue weighted by Crippen LogP contribution is -2.38. The second-order valence-electron chi connectivity index (χ2n) is 5.38. The van der Waals surface area contributed by atoms with E-state index in [0.29, 0.717) is 19.3 Å². The van der Waals surface area contributed by atoms with Crippen molar-refractivity contribution in [2.75, 3.05) is 19.8 Å². The van der Waals surface area contributed by atoms with Crippen LogP contribution in [0, 0.1) is 5.82 Å². The van der Waals surface area contributed by atoms with Crippen molar-refractivity contribution in [2.24, 2.45) is 0 Å². The van der Waals surface area contributed by atoms with Crippen LogP contribution < -0.4 is 5.32 Å². The van der Waals surface area contributed by atoms with Gasteiger partial charge in [-0.1, -0.05) is 0 Å². The van der Waals surface area contributed by atoms with Gasteiger partial charge in [0.1, 0.15) is 5.82 Å². The fraction of sp³-hybridized carbons (Fsp3) is 0.533. The minimum absolute atomic E-state index is 0.0640. The lowest BCUT2D eigenvalue weighted by molar-refractivity contribution is -0.138. The van der Waals surface area contributed by atoms with Gasteiger partial charge >= 0.3 is 6.18 Å². The molecule has 1 fully saturated rings. The van der Waals surface area contributed by atoms with E-state index in [1.54, 1.807) is 6.92 Å². The van der Waals surface area contributed by atoms with E-state index in [0.717, 1.165) is 18.6 Å². The molecule has 2 atom stereocenters. The van der Waals surface area contributed by atoms with Crippen LogP contribution in [0.25, 0.3) is 0 Å². The molecule has 0 spiro atoms. The summed E-state index contributed by atoms with van der Waals surface area (Å²) in [6.07, 6.45) is -4.13. The molecule has 1 aromatic rings. The number of nitrogens with one attached hydrogen (secondary N) is 1. The molecule has 0 saturated carbocycles. The molecule has 23 heavy (non-hydrogen) atoms. The zero-order chi connectivity index (χ0) is 17.0. The highest BCUT2D eigenvalue weighted by Crippen LogP contribution is 2.32. The Hall–Kier alpha value is -1.67. The molecule has 0 unspecified atom stereocenters. The van der Waals surface area contributed by atoms with Crippen LogP contribution in [0.4, 0.5) is 17.6 Å². The molecule has 1 N–H and O–H groups in total. The first kappa shape index (κ1) is 17.7. The number of alkyl halides is 3. The van der Waals surface area contributed by atoms with Crippen LogP contribution in [-0.4, -0.2) is 37.9 Å². The van der Waals surface area contributed by atoms with Gasteiger partial charge in [0, 0.05) is 12.6 Å². The summed E-state index contributed by atoms with van der Waals surface area (Å²) < 4.78 is 62.3. The van der Waals surface area contributed by atoms with Crippen molar-refractivity contribution in [2.45, 2.75) is 31.7 Å². The molecule has 1 aliphatic heterocycles. The van der Waals surface area contributed by atoms with Crippen LogP contribution in [0.1, 0.15) is 29.3 Å². The summed E-state index contributed by atoms with van der Waals surface area (Å²) in [5.74, 6) is -1.97. The number of ether oxygens (including phenoxy) is 2. The van der Waals surface area contributed by atoms with Gasteiger partial charge in [-0.2, -0.15) is 13.2 Å². The number of amides is 1. The zero-order valence-corrected chi connectivity index (χ0v) is 12.5. The first-order chi connectivity index (χ1) is 10.8. The molecule has 8 heteroatoms. The second kappa shape index (κ2) is 7.27. The van der Waals surface area contributed by atoms with Crippen LogP contribution in [-0.2, 0) is 15.7 Å². The summed E-state index contributed by atoms with van der Waals surface area (Å²) in [5.41, 5.74) is -1.91. The first-order valence-electron chi connectivity index (χ1n) is 7.14. The smallest absolute Gasteiger partial charge is 0.379 e. The summed E-state index contributed by atoms with van der Waals surface area (Å²) in [4.78, 5) is 12.0. The predicted molar refractivity (Wildman–Crippen MR) is 73.5 cm³/mol. The van der Waals surface area contributed by atoms with Gasteiger partial charge in [0.15, 0.2) is 0 Å². The molecule has 1 aliphatic rings. The Morgan fingerprint density at radius 1 is 1.48 bits per heavy atom.